The third-order valence-electron chi connectivity index (χ3n) is 2.74. The van der Waals surface area contributed by atoms with E-state index in [1.807, 2.05) is 24.7 Å². The van der Waals surface area contributed by atoms with Gasteiger partial charge in [-0.15, -0.1) is 0 Å². The van der Waals surface area contributed by atoms with E-state index < -0.39 is 6.10 Å². The molecule has 1 unspecified atom stereocenters. The molecule has 90 valence electrons. The Labute approximate surface area is 100 Å². The minimum Gasteiger partial charge on any atom is -0.387 e. The van der Waals surface area contributed by atoms with Gasteiger partial charge in [-0.1, -0.05) is 0 Å². The van der Waals surface area contributed by atoms with Gasteiger partial charge in [-0.25, -0.2) is 0 Å². The fourth-order valence-corrected chi connectivity index (χ4v) is 1.65. The van der Waals surface area contributed by atoms with Crippen molar-refractivity contribution in [2.24, 2.45) is 7.05 Å². The maximum atomic E-state index is 9.97. The normalized spacial score (nSPS) is 12.6. The maximum Gasteiger partial charge on any atom is 0.0979 e. The molecule has 0 radical (unpaired) electrons. The third kappa shape index (κ3) is 2.88. The van der Waals surface area contributed by atoms with Crippen molar-refractivity contribution in [3.05, 3.63) is 41.7 Å². The van der Waals surface area contributed by atoms with Gasteiger partial charge in [0.1, 0.15) is 0 Å². The highest BCUT2D eigenvalue weighted by atomic mass is 16.3. The number of rotatable bonds is 4. The summed E-state index contributed by atoms with van der Waals surface area (Å²) in [5.74, 6) is 0. The summed E-state index contributed by atoms with van der Waals surface area (Å²) in [5, 5.41) is 14.1. The largest absolute Gasteiger partial charge is 0.387 e. The van der Waals surface area contributed by atoms with Crippen LogP contribution in [0.4, 0.5) is 0 Å². The average molecular weight is 232 g/mol. The Morgan fingerprint density at radius 3 is 2.76 bits per heavy atom. The van der Waals surface area contributed by atoms with Crippen LogP contribution >= 0.6 is 0 Å². The summed E-state index contributed by atoms with van der Waals surface area (Å²) < 4.78 is 1.81. The Balaban J connectivity index is 1.95. The molecule has 0 aliphatic carbocycles. The Hall–Kier alpha value is -1.75. The molecule has 0 saturated carbocycles. The summed E-state index contributed by atoms with van der Waals surface area (Å²) in [4.78, 5) is 8.29. The van der Waals surface area contributed by atoms with Crippen LogP contribution in [0.25, 0.3) is 0 Å². The lowest BCUT2D eigenvalue weighted by Gasteiger charge is -2.09. The maximum absolute atomic E-state index is 9.97. The van der Waals surface area contributed by atoms with Gasteiger partial charge >= 0.3 is 0 Å². The molecule has 0 fully saturated rings. The Kier molecular flexibility index (Phi) is 3.49. The van der Waals surface area contributed by atoms with Gasteiger partial charge in [0, 0.05) is 25.1 Å². The summed E-state index contributed by atoms with van der Waals surface area (Å²) in [6.07, 6.45) is 5.88. The second-order valence-electron chi connectivity index (χ2n) is 4.08. The van der Waals surface area contributed by atoms with Gasteiger partial charge in [0.05, 0.1) is 23.7 Å². The first-order chi connectivity index (χ1) is 8.16. The molecule has 5 heteroatoms. The van der Waals surface area contributed by atoms with Crippen molar-refractivity contribution in [3.8, 4) is 0 Å². The Morgan fingerprint density at radius 2 is 2.18 bits per heavy atom. The minimum absolute atomic E-state index is 0.571. The second kappa shape index (κ2) is 5.05. The van der Waals surface area contributed by atoms with Gasteiger partial charge in [-0.05, 0) is 25.8 Å². The fraction of sp³-hybridized carbons (Fsp3) is 0.417. The monoisotopic (exact) mass is 232 g/mol. The molecule has 1 atom stereocenters. The summed E-state index contributed by atoms with van der Waals surface area (Å²) in [6, 6.07) is 1.95. The summed E-state index contributed by atoms with van der Waals surface area (Å²) >= 11 is 0. The van der Waals surface area contributed by atoms with Crippen molar-refractivity contribution in [2.75, 3.05) is 0 Å². The lowest BCUT2D eigenvalue weighted by Crippen LogP contribution is -2.05. The van der Waals surface area contributed by atoms with E-state index in [2.05, 4.69) is 15.1 Å². The van der Waals surface area contributed by atoms with Crippen molar-refractivity contribution in [1.82, 2.24) is 19.7 Å². The van der Waals surface area contributed by atoms with E-state index in [0.717, 1.165) is 17.8 Å². The highest BCUT2D eigenvalue weighted by Crippen LogP contribution is 2.16. The van der Waals surface area contributed by atoms with Crippen molar-refractivity contribution >= 4 is 0 Å². The van der Waals surface area contributed by atoms with E-state index in [1.165, 1.54) is 0 Å². The molecule has 1 N–H and O–H groups in total. The molecule has 17 heavy (non-hydrogen) atoms. The van der Waals surface area contributed by atoms with Gasteiger partial charge < -0.3 is 5.11 Å². The molecule has 0 aromatic carbocycles. The molecule has 0 aliphatic rings. The third-order valence-corrected chi connectivity index (χ3v) is 2.74. The number of nitrogens with zero attached hydrogens (tertiary/aromatic N) is 4. The molecular weight excluding hydrogens is 216 g/mol. The van der Waals surface area contributed by atoms with Crippen molar-refractivity contribution in [3.63, 3.8) is 0 Å². The first-order valence-corrected chi connectivity index (χ1v) is 5.60. The SMILES string of the molecule is Cc1cnc(C(O)CCc2ccnn2C)cn1. The van der Waals surface area contributed by atoms with Crippen LogP contribution in [0.2, 0.25) is 0 Å². The molecule has 5 nitrogen and oxygen atoms in total. The van der Waals surface area contributed by atoms with Crippen LogP contribution in [0.1, 0.15) is 29.6 Å². The summed E-state index contributed by atoms with van der Waals surface area (Å²) in [6.45, 7) is 1.87. The smallest absolute Gasteiger partial charge is 0.0979 e. The zero-order chi connectivity index (χ0) is 12.3. The minimum atomic E-state index is -0.571. The highest BCUT2D eigenvalue weighted by molar-refractivity contribution is 5.06. The highest BCUT2D eigenvalue weighted by Gasteiger charge is 2.10. The first-order valence-electron chi connectivity index (χ1n) is 5.60. The van der Waals surface area contributed by atoms with Gasteiger partial charge in [0.15, 0.2) is 0 Å². The van der Waals surface area contributed by atoms with E-state index in [1.54, 1.807) is 18.6 Å². The number of hydrogen-bond donors (Lipinski definition) is 1. The van der Waals surface area contributed by atoms with Gasteiger partial charge in [0.2, 0.25) is 0 Å². The fourth-order valence-electron chi connectivity index (χ4n) is 1.65. The lowest BCUT2D eigenvalue weighted by molar-refractivity contribution is 0.162. The number of aliphatic hydroxyl groups is 1. The Bertz CT molecular complexity index is 478. The summed E-state index contributed by atoms with van der Waals surface area (Å²) in [5.41, 5.74) is 2.58. The molecule has 0 spiro atoms. The van der Waals surface area contributed by atoms with Crippen LogP contribution in [-0.2, 0) is 13.5 Å². The molecule has 0 saturated heterocycles. The zero-order valence-corrected chi connectivity index (χ0v) is 10.0. The average Bonchev–Trinajstić information content (AvgIpc) is 2.73. The number of aryl methyl sites for hydroxylation is 3. The van der Waals surface area contributed by atoms with Crippen LogP contribution < -0.4 is 0 Å². The number of hydrogen-bond acceptors (Lipinski definition) is 4. The standard InChI is InChI=1S/C12H16N4O/c1-9-7-14-11(8-13-9)12(17)4-3-10-5-6-15-16(10)2/h5-8,12,17H,3-4H2,1-2H3. The molecular formula is C12H16N4O. The van der Waals surface area contributed by atoms with Gasteiger partial charge in [-0.3, -0.25) is 14.6 Å². The zero-order valence-electron chi connectivity index (χ0n) is 10.0. The molecule has 0 amide bonds. The van der Waals surface area contributed by atoms with E-state index in [4.69, 9.17) is 0 Å². The van der Waals surface area contributed by atoms with Gasteiger partial charge in [-0.2, -0.15) is 5.10 Å². The van der Waals surface area contributed by atoms with Gasteiger partial charge in [0.25, 0.3) is 0 Å². The quantitative estimate of drug-likeness (QED) is 0.860. The predicted molar refractivity (Wildman–Crippen MR) is 63.3 cm³/mol. The summed E-state index contributed by atoms with van der Waals surface area (Å²) in [7, 11) is 1.90. The molecule has 2 aromatic heterocycles. The number of aliphatic hydroxyl groups excluding tert-OH is 1. The Morgan fingerprint density at radius 1 is 1.35 bits per heavy atom. The molecule has 2 aromatic rings. The van der Waals surface area contributed by atoms with Crippen molar-refractivity contribution < 1.29 is 5.11 Å². The van der Waals surface area contributed by atoms with Crippen LogP contribution in [0.3, 0.4) is 0 Å². The number of aromatic nitrogens is 4. The lowest BCUT2D eigenvalue weighted by atomic mass is 10.1. The van der Waals surface area contributed by atoms with Crippen LogP contribution in [0.15, 0.2) is 24.7 Å². The van der Waals surface area contributed by atoms with Crippen molar-refractivity contribution in [1.29, 1.82) is 0 Å². The molecule has 2 heterocycles. The predicted octanol–water partition coefficient (Wildman–Crippen LogP) is 1.18. The van der Waals surface area contributed by atoms with E-state index in [9.17, 15) is 5.11 Å². The first kappa shape index (κ1) is 11.7. The topological polar surface area (TPSA) is 63.8 Å². The van der Waals surface area contributed by atoms with Crippen molar-refractivity contribution in [2.45, 2.75) is 25.9 Å². The van der Waals surface area contributed by atoms with E-state index in [0.29, 0.717) is 12.1 Å². The van der Waals surface area contributed by atoms with Crippen LogP contribution in [-0.4, -0.2) is 24.9 Å². The van der Waals surface area contributed by atoms with E-state index >= 15 is 0 Å². The van der Waals surface area contributed by atoms with Crippen LogP contribution in [0.5, 0.6) is 0 Å². The second-order valence-corrected chi connectivity index (χ2v) is 4.08. The molecule has 0 bridgehead atoms. The molecule has 2 rings (SSSR count). The molecule has 0 aliphatic heterocycles. The van der Waals surface area contributed by atoms with Crippen LogP contribution in [0, 0.1) is 6.92 Å². The van der Waals surface area contributed by atoms with E-state index in [-0.39, 0.29) is 0 Å².